The molecule has 3 rings (SSSR count). The van der Waals surface area contributed by atoms with Crippen LogP contribution >= 0.6 is 0 Å². The van der Waals surface area contributed by atoms with E-state index in [4.69, 9.17) is 9.47 Å². The molecule has 0 spiro atoms. The van der Waals surface area contributed by atoms with Crippen LogP contribution < -0.4 is 13.8 Å². The molecule has 0 bridgehead atoms. The number of ether oxygens (including phenoxy) is 2. The van der Waals surface area contributed by atoms with Gasteiger partial charge in [-0.2, -0.15) is 13.2 Å². The number of hydrogen-bond acceptors (Lipinski definition) is 8. The highest BCUT2D eigenvalue weighted by Crippen LogP contribution is 2.39. The number of nitrogens with zero attached hydrogens (tertiary/aromatic N) is 1. The molecule has 10 nitrogen and oxygen atoms in total. The first kappa shape index (κ1) is 30.2. The van der Waals surface area contributed by atoms with Gasteiger partial charge in [0.2, 0.25) is 15.9 Å². The third kappa shape index (κ3) is 8.08. The minimum atomic E-state index is -4.80. The molecule has 0 aromatic heterocycles. The number of benzene rings is 2. The molecule has 1 atom stereocenters. The summed E-state index contributed by atoms with van der Waals surface area (Å²) in [5, 5.41) is 0. The van der Waals surface area contributed by atoms with Crippen molar-refractivity contribution in [3.8, 4) is 5.75 Å². The van der Waals surface area contributed by atoms with E-state index in [1.54, 1.807) is 25.5 Å². The van der Waals surface area contributed by atoms with Gasteiger partial charge in [0, 0.05) is 0 Å². The lowest BCUT2D eigenvalue weighted by atomic mass is 10.1. The van der Waals surface area contributed by atoms with Crippen molar-refractivity contribution < 1.29 is 49.1 Å². The van der Waals surface area contributed by atoms with E-state index < -0.39 is 73.2 Å². The summed E-state index contributed by atoms with van der Waals surface area (Å²) in [6, 6.07) is 7.31. The van der Waals surface area contributed by atoms with Crippen molar-refractivity contribution in [3.63, 3.8) is 0 Å². The molecule has 0 aliphatic carbocycles. The third-order valence-corrected chi connectivity index (χ3v) is 7.56. The van der Waals surface area contributed by atoms with Gasteiger partial charge in [-0.1, -0.05) is 12.1 Å². The number of fused-ring (bicyclic) bond motifs is 1. The van der Waals surface area contributed by atoms with Crippen molar-refractivity contribution in [3.05, 3.63) is 53.6 Å². The van der Waals surface area contributed by atoms with E-state index in [0.29, 0.717) is 11.6 Å². The highest BCUT2D eigenvalue weighted by atomic mass is 32.2. The molecule has 0 fully saturated rings. The van der Waals surface area contributed by atoms with Crippen LogP contribution in [-0.2, 0) is 47.0 Å². The lowest BCUT2D eigenvalue weighted by molar-refractivity contribution is -0.154. The fraction of sp³-hybridized carbons (Fsp3) is 0.417. The van der Waals surface area contributed by atoms with Crippen LogP contribution in [0.4, 0.5) is 18.9 Å². The number of carbonyl (C=O) groups is 2. The summed E-state index contributed by atoms with van der Waals surface area (Å²) in [6.45, 7) is 4.50. The van der Waals surface area contributed by atoms with Crippen molar-refractivity contribution in [1.82, 2.24) is 4.72 Å². The Labute approximate surface area is 224 Å². The van der Waals surface area contributed by atoms with Gasteiger partial charge in [-0.25, -0.2) is 16.8 Å². The van der Waals surface area contributed by atoms with Crippen molar-refractivity contribution in [2.24, 2.45) is 0 Å². The Hall–Kier alpha value is -3.33. The van der Waals surface area contributed by atoms with Crippen molar-refractivity contribution in [2.75, 3.05) is 17.1 Å². The predicted octanol–water partition coefficient (Wildman–Crippen LogP) is 3.01. The Balaban J connectivity index is 2.04. The van der Waals surface area contributed by atoms with Gasteiger partial charge in [-0.05, 0) is 56.7 Å². The molecule has 214 valence electrons. The average Bonchev–Trinajstić information content (AvgIpc) is 2.75. The number of alkyl halides is 3. The van der Waals surface area contributed by atoms with Gasteiger partial charge >= 0.3 is 12.1 Å². The zero-order valence-corrected chi connectivity index (χ0v) is 23.0. The second kappa shape index (κ2) is 10.7. The molecule has 1 aliphatic heterocycles. The minimum absolute atomic E-state index is 0.0399. The molecule has 2 aromatic rings. The number of amides is 1. The van der Waals surface area contributed by atoms with Crippen LogP contribution in [0.15, 0.2) is 47.4 Å². The van der Waals surface area contributed by atoms with E-state index in [2.05, 4.69) is 0 Å². The highest BCUT2D eigenvalue weighted by molar-refractivity contribution is 7.92. The molecule has 1 N–H and O–H groups in total. The van der Waals surface area contributed by atoms with Crippen molar-refractivity contribution in [2.45, 2.75) is 56.4 Å². The number of rotatable bonds is 7. The molecule has 15 heteroatoms. The van der Waals surface area contributed by atoms with Crippen LogP contribution in [-0.4, -0.2) is 53.2 Å². The number of halogens is 3. The molecule has 1 amide bonds. The summed E-state index contributed by atoms with van der Waals surface area (Å²) >= 11 is 0. The van der Waals surface area contributed by atoms with Gasteiger partial charge in [0.15, 0.2) is 0 Å². The Morgan fingerprint density at radius 3 is 2.33 bits per heavy atom. The van der Waals surface area contributed by atoms with Gasteiger partial charge in [0.05, 0.1) is 41.8 Å². The Bertz CT molecular complexity index is 1480. The molecule has 0 saturated heterocycles. The number of esters is 1. The summed E-state index contributed by atoms with van der Waals surface area (Å²) in [5.74, 6) is -1.60. The Morgan fingerprint density at radius 2 is 1.74 bits per heavy atom. The Morgan fingerprint density at radius 1 is 1.08 bits per heavy atom. The first-order valence-corrected chi connectivity index (χ1v) is 14.8. The summed E-state index contributed by atoms with van der Waals surface area (Å²) in [5.41, 5.74) is -1.69. The maximum atomic E-state index is 13.6. The van der Waals surface area contributed by atoms with Crippen LogP contribution in [0.2, 0.25) is 0 Å². The molecule has 0 saturated carbocycles. The number of carbonyl (C=O) groups excluding carboxylic acids is 2. The van der Waals surface area contributed by atoms with Crippen LogP contribution in [0.25, 0.3) is 0 Å². The average molecular weight is 593 g/mol. The molecule has 1 heterocycles. The number of nitrogens with one attached hydrogen (secondary N) is 1. The molecular weight excluding hydrogens is 565 g/mol. The summed E-state index contributed by atoms with van der Waals surface area (Å²) in [6.07, 6.45) is -6.03. The van der Waals surface area contributed by atoms with Crippen molar-refractivity contribution >= 4 is 37.6 Å². The highest BCUT2D eigenvalue weighted by Gasteiger charge is 2.38. The topological polar surface area (TPSA) is 136 Å². The monoisotopic (exact) mass is 592 g/mol. The smallest absolute Gasteiger partial charge is 0.416 e. The van der Waals surface area contributed by atoms with Crippen LogP contribution in [0.3, 0.4) is 0 Å². The van der Waals surface area contributed by atoms with E-state index in [1.165, 1.54) is 18.2 Å². The fourth-order valence-corrected chi connectivity index (χ4v) is 5.80. The summed E-state index contributed by atoms with van der Waals surface area (Å²) < 4.78 is 104. The van der Waals surface area contributed by atoms with E-state index in [0.717, 1.165) is 28.8 Å². The lowest BCUT2D eigenvalue weighted by Crippen LogP contribution is -2.46. The SMILES string of the molecule is CC(C)(C)OC(=O)Cc1ccc2c(c1)N(S(=O)(=O)c1cccc(C(F)(F)F)c1)C[C@H](CC(=O)NS(C)(=O)=O)O2. The minimum Gasteiger partial charge on any atom is -0.486 e. The normalized spacial score (nSPS) is 16.2. The van der Waals surface area contributed by atoms with Gasteiger partial charge in [-0.15, -0.1) is 0 Å². The molecule has 2 aromatic carbocycles. The first-order valence-electron chi connectivity index (χ1n) is 11.5. The molecule has 0 radical (unpaired) electrons. The zero-order valence-electron chi connectivity index (χ0n) is 21.4. The third-order valence-electron chi connectivity index (χ3n) is 5.19. The second-order valence-electron chi connectivity index (χ2n) is 9.87. The van der Waals surface area contributed by atoms with E-state index in [-0.39, 0.29) is 17.9 Å². The van der Waals surface area contributed by atoms with E-state index >= 15 is 0 Å². The first-order chi connectivity index (χ1) is 17.7. The lowest BCUT2D eigenvalue weighted by Gasteiger charge is -2.35. The van der Waals surface area contributed by atoms with Crippen LogP contribution in [0, 0.1) is 0 Å². The predicted molar refractivity (Wildman–Crippen MR) is 134 cm³/mol. The zero-order chi connectivity index (χ0) is 29.4. The molecule has 1 aliphatic rings. The van der Waals surface area contributed by atoms with E-state index in [9.17, 15) is 39.6 Å². The molecule has 0 unspecified atom stereocenters. The number of hydrogen-bond donors (Lipinski definition) is 1. The van der Waals surface area contributed by atoms with Crippen LogP contribution in [0.5, 0.6) is 5.75 Å². The van der Waals surface area contributed by atoms with Crippen molar-refractivity contribution in [1.29, 1.82) is 0 Å². The maximum Gasteiger partial charge on any atom is 0.416 e. The maximum absolute atomic E-state index is 13.6. The van der Waals surface area contributed by atoms with Gasteiger partial charge in [0.1, 0.15) is 17.5 Å². The standard InChI is InChI=1S/C24H27F3N2O8S2/c1-23(2,3)37-22(31)11-15-8-9-20-19(10-15)29(14-17(36-20)13-21(30)28-38(4,32)33)39(34,35)18-7-5-6-16(12-18)24(25,26)27/h5-10,12,17H,11,13-14H2,1-4H3,(H,28,30)/t17-/m0/s1. The second-order valence-corrected chi connectivity index (χ2v) is 13.5. The van der Waals surface area contributed by atoms with E-state index in [1.807, 2.05) is 0 Å². The number of anilines is 1. The largest absolute Gasteiger partial charge is 0.486 e. The van der Waals surface area contributed by atoms with Gasteiger partial charge in [-0.3, -0.25) is 18.6 Å². The van der Waals surface area contributed by atoms with Gasteiger partial charge < -0.3 is 9.47 Å². The Kier molecular flexibility index (Phi) is 8.27. The molecular formula is C24H27F3N2O8S2. The van der Waals surface area contributed by atoms with Gasteiger partial charge in [0.25, 0.3) is 10.0 Å². The number of sulfonamides is 2. The molecule has 39 heavy (non-hydrogen) atoms. The summed E-state index contributed by atoms with van der Waals surface area (Å²) in [4.78, 5) is 23.9. The fourth-order valence-electron chi connectivity index (χ4n) is 3.76. The quantitative estimate of drug-likeness (QED) is 0.485. The summed E-state index contributed by atoms with van der Waals surface area (Å²) in [7, 11) is -8.55. The van der Waals surface area contributed by atoms with Crippen LogP contribution in [0.1, 0.15) is 38.3 Å².